The predicted octanol–water partition coefficient (Wildman–Crippen LogP) is 2.06. The van der Waals surface area contributed by atoms with Gasteiger partial charge in [0.25, 0.3) is 0 Å². The number of hydrogen-bond donors (Lipinski definition) is 2. The van der Waals surface area contributed by atoms with Crippen LogP contribution in [0.1, 0.15) is 18.4 Å². The highest BCUT2D eigenvalue weighted by atomic mass is 19.4. The van der Waals surface area contributed by atoms with Gasteiger partial charge in [-0.25, -0.2) is 4.79 Å². The molecule has 0 spiro atoms. The summed E-state index contributed by atoms with van der Waals surface area (Å²) >= 11 is 0. The molecule has 3 rings (SSSR count). The third-order valence-electron chi connectivity index (χ3n) is 5.14. The molecule has 8 nitrogen and oxygen atoms in total. The first-order valence-electron chi connectivity index (χ1n) is 9.66. The number of benzene rings is 1. The Morgan fingerprint density at radius 1 is 1.19 bits per heavy atom. The number of fused-ring (bicyclic) bond motifs is 1. The minimum atomic E-state index is -5.08. The third kappa shape index (κ3) is 7.28. The second-order valence-corrected chi connectivity index (χ2v) is 7.39. The lowest BCUT2D eigenvalue weighted by Crippen LogP contribution is -2.28. The first-order valence-corrected chi connectivity index (χ1v) is 9.66. The fraction of sp³-hybridized carbons (Fsp3) is 0.600. The highest BCUT2D eigenvalue weighted by Gasteiger charge is 2.42. The van der Waals surface area contributed by atoms with Crippen molar-refractivity contribution >= 4 is 11.9 Å². The lowest BCUT2D eigenvalue weighted by molar-refractivity contribution is -0.192. The zero-order valence-electron chi connectivity index (χ0n) is 17.6. The fourth-order valence-corrected chi connectivity index (χ4v) is 3.73. The molecule has 2 aliphatic heterocycles. The Bertz CT molecular complexity index is 738. The van der Waals surface area contributed by atoms with Crippen LogP contribution in [0.4, 0.5) is 13.2 Å². The molecule has 3 atom stereocenters. The highest BCUT2D eigenvalue weighted by Crippen LogP contribution is 2.35. The fourth-order valence-electron chi connectivity index (χ4n) is 3.73. The number of rotatable bonds is 6. The van der Waals surface area contributed by atoms with Crippen molar-refractivity contribution in [3.8, 4) is 11.5 Å². The number of hydrogen-bond acceptors (Lipinski definition) is 6. The molecule has 2 aliphatic rings. The Kier molecular flexibility index (Phi) is 8.52. The zero-order chi connectivity index (χ0) is 23.2. The maximum Gasteiger partial charge on any atom is 0.490 e. The van der Waals surface area contributed by atoms with Crippen molar-refractivity contribution in [1.82, 2.24) is 10.2 Å². The zero-order valence-corrected chi connectivity index (χ0v) is 17.6. The summed E-state index contributed by atoms with van der Waals surface area (Å²) in [6.07, 6.45) is -3.33. The van der Waals surface area contributed by atoms with Gasteiger partial charge >= 0.3 is 12.1 Å². The van der Waals surface area contributed by atoms with Crippen LogP contribution in [0.2, 0.25) is 0 Å². The lowest BCUT2D eigenvalue weighted by Gasteiger charge is -2.19. The number of nitrogens with one attached hydrogen (secondary N) is 1. The summed E-state index contributed by atoms with van der Waals surface area (Å²) in [5.41, 5.74) is 1.17. The molecule has 1 aromatic rings. The average molecular weight is 448 g/mol. The standard InChI is InChI=1S/C18H26N2O4.C2HF3O2/c1-19-18(21)8-16-6-13-10-20(11-17(13)24-16)9-12-4-14(22-2)7-15(5-12)23-3;3-2(4,5)1(6)7/h4-5,7,13,16-17H,6,8-11H2,1-3H3,(H,19,21);(H,6,7)/t13-,16-,17+;/m0./s1. The molecule has 174 valence electrons. The van der Waals surface area contributed by atoms with Gasteiger partial charge in [0.15, 0.2) is 0 Å². The van der Waals surface area contributed by atoms with E-state index in [9.17, 15) is 18.0 Å². The van der Waals surface area contributed by atoms with Crippen molar-refractivity contribution in [2.75, 3.05) is 34.4 Å². The quantitative estimate of drug-likeness (QED) is 0.688. The van der Waals surface area contributed by atoms with Gasteiger partial charge < -0.3 is 24.6 Å². The van der Waals surface area contributed by atoms with Crippen LogP contribution in [-0.2, 0) is 20.9 Å². The van der Waals surface area contributed by atoms with Gasteiger partial charge in [-0.3, -0.25) is 9.69 Å². The summed E-state index contributed by atoms with van der Waals surface area (Å²) in [6.45, 7) is 2.77. The molecule has 2 fully saturated rings. The first-order chi connectivity index (χ1) is 14.5. The molecule has 1 aromatic carbocycles. The molecule has 11 heteroatoms. The van der Waals surface area contributed by atoms with Gasteiger partial charge in [0.1, 0.15) is 11.5 Å². The van der Waals surface area contributed by atoms with E-state index in [1.807, 2.05) is 18.2 Å². The summed E-state index contributed by atoms with van der Waals surface area (Å²) in [5, 5.41) is 9.79. The molecule has 0 radical (unpaired) electrons. The summed E-state index contributed by atoms with van der Waals surface area (Å²) in [4.78, 5) is 22.8. The van der Waals surface area contributed by atoms with Crippen molar-refractivity contribution in [2.24, 2.45) is 5.92 Å². The SMILES string of the molecule is CNC(=O)C[C@@H]1C[C@H]2CN(Cc3cc(OC)cc(OC)c3)C[C@H]2O1.O=C(O)C(F)(F)F. The molecular formula is C20H27F3N2O6. The van der Waals surface area contributed by atoms with Crippen LogP contribution in [0, 0.1) is 5.92 Å². The van der Waals surface area contributed by atoms with Gasteiger partial charge in [0, 0.05) is 38.7 Å². The predicted molar refractivity (Wildman–Crippen MR) is 104 cm³/mol. The van der Waals surface area contributed by atoms with E-state index >= 15 is 0 Å². The molecule has 0 unspecified atom stereocenters. The third-order valence-corrected chi connectivity index (χ3v) is 5.14. The maximum atomic E-state index is 11.5. The van der Waals surface area contributed by atoms with Gasteiger partial charge in [0.05, 0.1) is 32.8 Å². The van der Waals surface area contributed by atoms with Crippen molar-refractivity contribution in [3.63, 3.8) is 0 Å². The minimum Gasteiger partial charge on any atom is -0.497 e. The van der Waals surface area contributed by atoms with Crippen LogP contribution in [0.25, 0.3) is 0 Å². The molecule has 2 heterocycles. The molecule has 0 saturated carbocycles. The number of carboxylic acid groups (broad SMARTS) is 1. The van der Waals surface area contributed by atoms with Crippen LogP contribution in [0.3, 0.4) is 0 Å². The topological polar surface area (TPSA) is 97.3 Å². The van der Waals surface area contributed by atoms with E-state index in [-0.39, 0.29) is 18.1 Å². The van der Waals surface area contributed by atoms with Gasteiger partial charge in [-0.05, 0) is 24.1 Å². The van der Waals surface area contributed by atoms with E-state index in [0.29, 0.717) is 12.3 Å². The lowest BCUT2D eigenvalue weighted by atomic mass is 10.0. The number of aliphatic carboxylic acids is 1. The largest absolute Gasteiger partial charge is 0.497 e. The molecular weight excluding hydrogens is 421 g/mol. The molecule has 2 saturated heterocycles. The van der Waals surface area contributed by atoms with Crippen LogP contribution >= 0.6 is 0 Å². The van der Waals surface area contributed by atoms with Crippen molar-refractivity contribution in [1.29, 1.82) is 0 Å². The number of carbonyl (C=O) groups excluding carboxylic acids is 1. The summed E-state index contributed by atoms with van der Waals surface area (Å²) < 4.78 is 48.5. The smallest absolute Gasteiger partial charge is 0.490 e. The van der Waals surface area contributed by atoms with E-state index in [0.717, 1.165) is 37.6 Å². The molecule has 31 heavy (non-hydrogen) atoms. The summed E-state index contributed by atoms with van der Waals surface area (Å²) in [7, 11) is 5.00. The highest BCUT2D eigenvalue weighted by molar-refractivity contribution is 5.76. The number of nitrogens with zero attached hydrogens (tertiary/aromatic N) is 1. The Balaban J connectivity index is 0.000000423. The number of alkyl halides is 3. The van der Waals surface area contributed by atoms with E-state index < -0.39 is 12.1 Å². The van der Waals surface area contributed by atoms with Crippen LogP contribution in [0.5, 0.6) is 11.5 Å². The van der Waals surface area contributed by atoms with Crippen LogP contribution in [-0.4, -0.2) is 74.6 Å². The molecule has 0 aliphatic carbocycles. The Morgan fingerprint density at radius 3 is 2.23 bits per heavy atom. The average Bonchev–Trinajstić information content (AvgIpc) is 3.24. The van der Waals surface area contributed by atoms with E-state index in [2.05, 4.69) is 10.2 Å². The van der Waals surface area contributed by atoms with Crippen LogP contribution in [0.15, 0.2) is 18.2 Å². The van der Waals surface area contributed by atoms with Crippen molar-refractivity contribution < 1.29 is 42.1 Å². The molecule has 0 bridgehead atoms. The van der Waals surface area contributed by atoms with Gasteiger partial charge in [-0.15, -0.1) is 0 Å². The monoisotopic (exact) mass is 448 g/mol. The number of carboxylic acids is 1. The number of carbonyl (C=O) groups is 2. The molecule has 1 amide bonds. The normalized spacial score (nSPS) is 22.8. The Morgan fingerprint density at radius 2 is 1.77 bits per heavy atom. The maximum absolute atomic E-state index is 11.5. The number of ether oxygens (including phenoxy) is 3. The minimum absolute atomic E-state index is 0.0558. The van der Waals surface area contributed by atoms with E-state index in [4.69, 9.17) is 24.1 Å². The molecule has 0 aromatic heterocycles. The first kappa shape index (κ1) is 24.7. The van der Waals surface area contributed by atoms with Gasteiger partial charge in [0.2, 0.25) is 5.91 Å². The Hall–Kier alpha value is -2.53. The van der Waals surface area contributed by atoms with Crippen molar-refractivity contribution in [2.45, 2.75) is 37.8 Å². The number of halogens is 3. The number of amides is 1. The summed E-state index contributed by atoms with van der Waals surface area (Å²) in [5.74, 6) is -0.559. The number of methoxy groups -OCH3 is 2. The Labute approximate surface area is 178 Å². The van der Waals surface area contributed by atoms with E-state index in [1.54, 1.807) is 21.3 Å². The van der Waals surface area contributed by atoms with Crippen LogP contribution < -0.4 is 14.8 Å². The van der Waals surface area contributed by atoms with Crippen molar-refractivity contribution in [3.05, 3.63) is 23.8 Å². The number of likely N-dealkylation sites (tertiary alicyclic amines) is 1. The second kappa shape index (κ2) is 10.7. The molecule has 2 N–H and O–H groups in total. The summed E-state index contributed by atoms with van der Waals surface area (Å²) in [6, 6.07) is 5.98. The van der Waals surface area contributed by atoms with E-state index in [1.165, 1.54) is 5.56 Å². The van der Waals surface area contributed by atoms with Gasteiger partial charge in [-0.2, -0.15) is 13.2 Å². The second-order valence-electron chi connectivity index (χ2n) is 7.39. The van der Waals surface area contributed by atoms with Gasteiger partial charge in [-0.1, -0.05) is 0 Å².